The highest BCUT2D eigenvalue weighted by Gasteiger charge is 2.39. The molecular weight excluding hydrogens is 356 g/mol. The van der Waals surface area contributed by atoms with Crippen molar-refractivity contribution in [3.05, 3.63) is 12.2 Å². The minimum atomic E-state index is -1.92. The van der Waals surface area contributed by atoms with Crippen LogP contribution in [0, 0.1) is 17.8 Å². The van der Waals surface area contributed by atoms with Gasteiger partial charge in [-0.05, 0) is 31.0 Å². The second kappa shape index (κ2) is 10.6. The van der Waals surface area contributed by atoms with E-state index in [-0.39, 0.29) is 35.7 Å². The van der Waals surface area contributed by atoms with Crippen LogP contribution in [-0.2, 0) is 18.7 Å². The summed E-state index contributed by atoms with van der Waals surface area (Å²) in [5, 5.41) is 0.134. The number of ether oxygens (including phenoxy) is 2. The van der Waals surface area contributed by atoms with E-state index in [2.05, 4.69) is 59.2 Å². The van der Waals surface area contributed by atoms with Gasteiger partial charge in [0.2, 0.25) is 0 Å². The molecule has 0 aromatic heterocycles. The summed E-state index contributed by atoms with van der Waals surface area (Å²) >= 11 is 0. The largest absolute Gasteiger partial charge is 0.403 e. The SMILES string of the molecule is C=C1C(=O)C[C@@H](OCOC)[C@@H]1C#C[C@H](CCCCC)O[Si](C)(C)C(C)(C)C. The second-order valence-electron chi connectivity index (χ2n) is 8.89. The summed E-state index contributed by atoms with van der Waals surface area (Å²) in [5.74, 6) is 6.36. The highest BCUT2D eigenvalue weighted by Crippen LogP contribution is 2.38. The van der Waals surface area contributed by atoms with Gasteiger partial charge in [0.15, 0.2) is 14.1 Å². The predicted octanol–water partition coefficient (Wildman–Crippen LogP) is 5.09. The van der Waals surface area contributed by atoms with Gasteiger partial charge in [-0.1, -0.05) is 59.0 Å². The summed E-state index contributed by atoms with van der Waals surface area (Å²) in [6, 6.07) is 0. The second-order valence-corrected chi connectivity index (χ2v) is 13.6. The first-order chi connectivity index (χ1) is 12.5. The van der Waals surface area contributed by atoms with Gasteiger partial charge in [-0.15, -0.1) is 0 Å². The Morgan fingerprint density at radius 2 is 1.96 bits per heavy atom. The minimum absolute atomic E-state index is 0.0308. The van der Waals surface area contributed by atoms with Crippen molar-refractivity contribution < 1.29 is 18.7 Å². The first-order valence-electron chi connectivity index (χ1n) is 10.0. The highest BCUT2D eigenvalue weighted by molar-refractivity contribution is 6.74. The Balaban J connectivity index is 2.96. The van der Waals surface area contributed by atoms with Crippen molar-refractivity contribution in [1.29, 1.82) is 0 Å². The van der Waals surface area contributed by atoms with Gasteiger partial charge < -0.3 is 13.9 Å². The van der Waals surface area contributed by atoms with E-state index >= 15 is 0 Å². The molecule has 1 aliphatic carbocycles. The summed E-state index contributed by atoms with van der Waals surface area (Å²) in [7, 11) is -0.344. The molecule has 1 rings (SSSR count). The number of carbonyl (C=O) groups is 1. The average Bonchev–Trinajstić information content (AvgIpc) is 2.83. The minimum Gasteiger partial charge on any atom is -0.403 e. The van der Waals surface area contributed by atoms with Gasteiger partial charge in [0.05, 0.1) is 12.0 Å². The van der Waals surface area contributed by atoms with E-state index < -0.39 is 8.32 Å². The van der Waals surface area contributed by atoms with Crippen LogP contribution in [0.3, 0.4) is 0 Å². The number of hydrogen-bond acceptors (Lipinski definition) is 4. The van der Waals surface area contributed by atoms with Crippen molar-refractivity contribution in [2.45, 2.75) is 90.1 Å². The molecule has 154 valence electrons. The smallest absolute Gasteiger partial charge is 0.193 e. The molecular formula is C22H38O4Si. The molecule has 0 heterocycles. The van der Waals surface area contributed by atoms with Gasteiger partial charge in [0.1, 0.15) is 12.9 Å². The molecule has 3 atom stereocenters. The van der Waals surface area contributed by atoms with Crippen LogP contribution in [0.2, 0.25) is 18.1 Å². The first-order valence-corrected chi connectivity index (χ1v) is 13.0. The summed E-state index contributed by atoms with van der Waals surface area (Å²) in [6.45, 7) is 17.5. The van der Waals surface area contributed by atoms with Gasteiger partial charge in [0.25, 0.3) is 0 Å². The fraction of sp³-hybridized carbons (Fsp3) is 0.773. The van der Waals surface area contributed by atoms with Crippen molar-refractivity contribution in [2.75, 3.05) is 13.9 Å². The lowest BCUT2D eigenvalue weighted by molar-refractivity contribution is -0.117. The molecule has 0 spiro atoms. The van der Waals surface area contributed by atoms with E-state index in [0.717, 1.165) is 12.8 Å². The number of hydrogen-bond donors (Lipinski definition) is 0. The summed E-state index contributed by atoms with van der Waals surface area (Å²) < 4.78 is 17.2. The number of Topliss-reactive ketones (excluding diaryl/α,β-unsaturated/α-hetero) is 1. The molecule has 27 heavy (non-hydrogen) atoms. The molecule has 0 amide bonds. The average molecular weight is 395 g/mol. The standard InChI is InChI=1S/C22H38O4Si/c1-9-10-11-12-18(26-27(7,8)22(3,4)5)13-14-19-17(2)20(23)15-21(19)25-16-24-6/h18-19,21H,2,9-12,15-16H2,1,3-8H3/t18-,19+,21+/m0/s1. The number of unbranched alkanes of at least 4 members (excludes halogenated alkanes) is 2. The van der Waals surface area contributed by atoms with Crippen LogP contribution < -0.4 is 0 Å². The molecule has 1 aliphatic rings. The van der Waals surface area contributed by atoms with Crippen LogP contribution in [0.1, 0.15) is 59.8 Å². The zero-order valence-corrected chi connectivity index (χ0v) is 19.3. The predicted molar refractivity (Wildman–Crippen MR) is 113 cm³/mol. The molecule has 0 aromatic carbocycles. The Morgan fingerprint density at radius 3 is 2.52 bits per heavy atom. The van der Waals surface area contributed by atoms with Gasteiger partial charge in [-0.2, -0.15) is 0 Å². The lowest BCUT2D eigenvalue weighted by Crippen LogP contribution is -2.43. The zero-order chi connectivity index (χ0) is 20.7. The molecule has 0 radical (unpaired) electrons. The van der Waals surface area contributed by atoms with Crippen molar-refractivity contribution in [3.63, 3.8) is 0 Å². The third-order valence-electron chi connectivity index (χ3n) is 5.60. The number of carbonyl (C=O) groups excluding carboxylic acids is 1. The first kappa shape index (κ1) is 24.1. The van der Waals surface area contributed by atoms with Crippen LogP contribution >= 0.6 is 0 Å². The fourth-order valence-corrected chi connectivity index (χ4v) is 4.02. The third kappa shape index (κ3) is 7.19. The van der Waals surface area contributed by atoms with Crippen molar-refractivity contribution >= 4 is 14.1 Å². The number of methoxy groups -OCH3 is 1. The van der Waals surface area contributed by atoms with Crippen LogP contribution in [0.4, 0.5) is 0 Å². The molecule has 0 aliphatic heterocycles. The van der Waals surface area contributed by atoms with Gasteiger partial charge in [-0.3, -0.25) is 4.79 Å². The van der Waals surface area contributed by atoms with E-state index in [9.17, 15) is 4.79 Å². The Hall–Kier alpha value is -0.933. The number of ketones is 1. The Morgan fingerprint density at radius 1 is 1.30 bits per heavy atom. The van der Waals surface area contributed by atoms with Crippen LogP contribution in [0.25, 0.3) is 0 Å². The maximum atomic E-state index is 12.1. The van der Waals surface area contributed by atoms with Gasteiger partial charge in [0, 0.05) is 19.1 Å². The molecule has 1 saturated carbocycles. The van der Waals surface area contributed by atoms with E-state index in [1.807, 2.05) is 0 Å². The third-order valence-corrected chi connectivity index (χ3v) is 10.1. The summed E-state index contributed by atoms with van der Waals surface area (Å²) in [4.78, 5) is 12.1. The molecule has 0 aromatic rings. The summed E-state index contributed by atoms with van der Waals surface area (Å²) in [5.41, 5.74) is 0.545. The molecule has 0 bridgehead atoms. The van der Waals surface area contributed by atoms with Crippen LogP contribution in [0.5, 0.6) is 0 Å². The van der Waals surface area contributed by atoms with Crippen molar-refractivity contribution in [3.8, 4) is 11.8 Å². The van der Waals surface area contributed by atoms with E-state index in [1.165, 1.54) is 12.8 Å². The normalized spacial score (nSPS) is 21.9. The highest BCUT2D eigenvalue weighted by atomic mass is 28.4. The van der Waals surface area contributed by atoms with Crippen molar-refractivity contribution in [2.24, 2.45) is 5.92 Å². The molecule has 1 fully saturated rings. The van der Waals surface area contributed by atoms with Crippen molar-refractivity contribution in [1.82, 2.24) is 0 Å². The molecule has 4 nitrogen and oxygen atoms in total. The maximum absolute atomic E-state index is 12.1. The monoisotopic (exact) mass is 394 g/mol. The number of rotatable bonds is 9. The lowest BCUT2D eigenvalue weighted by atomic mass is 10.0. The molecule has 5 heteroatoms. The zero-order valence-electron chi connectivity index (χ0n) is 18.3. The van der Waals surface area contributed by atoms with Crippen LogP contribution in [-0.4, -0.2) is 40.2 Å². The Bertz CT molecular complexity index is 565. The topological polar surface area (TPSA) is 44.8 Å². The Kier molecular flexibility index (Phi) is 9.43. The quantitative estimate of drug-likeness (QED) is 0.179. The fourth-order valence-electron chi connectivity index (χ4n) is 2.78. The Labute approximate surface area is 167 Å². The lowest BCUT2D eigenvalue weighted by Gasteiger charge is -2.38. The van der Waals surface area contributed by atoms with Crippen LogP contribution in [0.15, 0.2) is 12.2 Å². The van der Waals surface area contributed by atoms with E-state index in [1.54, 1.807) is 7.11 Å². The molecule has 0 saturated heterocycles. The van der Waals surface area contributed by atoms with E-state index in [0.29, 0.717) is 12.0 Å². The maximum Gasteiger partial charge on any atom is 0.193 e. The van der Waals surface area contributed by atoms with Gasteiger partial charge in [-0.25, -0.2) is 0 Å². The summed E-state index contributed by atoms with van der Waals surface area (Å²) in [6.07, 6.45) is 4.30. The molecule has 0 N–H and O–H groups in total. The van der Waals surface area contributed by atoms with Gasteiger partial charge >= 0.3 is 0 Å². The molecule has 0 unspecified atom stereocenters. The van der Waals surface area contributed by atoms with E-state index in [4.69, 9.17) is 13.9 Å².